The third-order valence-electron chi connectivity index (χ3n) is 1.35. The second-order valence-corrected chi connectivity index (χ2v) is 4.12. The first kappa shape index (κ1) is 9.48. The molecule has 0 N–H and O–H groups in total. The van der Waals surface area contributed by atoms with E-state index < -0.39 is 0 Å². The van der Waals surface area contributed by atoms with Crippen LogP contribution in [0.25, 0.3) is 0 Å². The van der Waals surface area contributed by atoms with Gasteiger partial charge in [-0.25, -0.2) is 0 Å². The molecule has 0 heterocycles. The normalized spacial score (nSPS) is 11.2. The summed E-state index contributed by atoms with van der Waals surface area (Å²) in [6.07, 6.45) is 1.04. The Morgan fingerprint density at radius 2 is 1.60 bits per heavy atom. The largest absolute Gasteiger partial charge is 0.0959 e. The fourth-order valence-corrected chi connectivity index (χ4v) is 0.791. The summed E-state index contributed by atoms with van der Waals surface area (Å²) in [5.74, 6) is 0. The van der Waals surface area contributed by atoms with Gasteiger partial charge in [-0.15, -0.1) is 0 Å². The highest BCUT2D eigenvalue weighted by Crippen LogP contribution is 2.25. The van der Waals surface area contributed by atoms with Gasteiger partial charge in [0.15, 0.2) is 0 Å². The van der Waals surface area contributed by atoms with Gasteiger partial charge in [-0.1, -0.05) is 45.1 Å². The lowest BCUT2D eigenvalue weighted by Crippen LogP contribution is -2.05. The smallest absolute Gasteiger partial charge is 0.0233 e. The van der Waals surface area contributed by atoms with Gasteiger partial charge in [-0.3, -0.25) is 0 Å². The standard InChI is InChI=1S/C10H18/c1-8(2)9(3)7-10(4,5)6/h1,3,7H2,2,4-6H3. The van der Waals surface area contributed by atoms with Crippen molar-refractivity contribution in [3.05, 3.63) is 24.3 Å². The molecule has 0 spiro atoms. The summed E-state index contributed by atoms with van der Waals surface area (Å²) in [5.41, 5.74) is 2.62. The molecule has 0 amide bonds. The molecule has 0 fully saturated rings. The minimum absolute atomic E-state index is 0.343. The van der Waals surface area contributed by atoms with Crippen molar-refractivity contribution in [3.63, 3.8) is 0 Å². The molecule has 0 radical (unpaired) electrons. The van der Waals surface area contributed by atoms with E-state index in [-0.39, 0.29) is 0 Å². The molecule has 0 atom stereocenters. The van der Waals surface area contributed by atoms with Gasteiger partial charge in [0.25, 0.3) is 0 Å². The zero-order valence-electron chi connectivity index (χ0n) is 7.62. The summed E-state index contributed by atoms with van der Waals surface area (Å²) in [4.78, 5) is 0. The SMILES string of the molecule is C=C(C)C(=C)CC(C)(C)C. The van der Waals surface area contributed by atoms with E-state index in [0.717, 1.165) is 12.0 Å². The zero-order valence-corrected chi connectivity index (χ0v) is 7.62. The Morgan fingerprint density at radius 1 is 1.20 bits per heavy atom. The van der Waals surface area contributed by atoms with E-state index in [1.807, 2.05) is 6.92 Å². The average molecular weight is 138 g/mol. The van der Waals surface area contributed by atoms with Gasteiger partial charge in [0.2, 0.25) is 0 Å². The molecule has 0 aliphatic rings. The molecule has 0 aromatic heterocycles. The summed E-state index contributed by atoms with van der Waals surface area (Å²) < 4.78 is 0. The van der Waals surface area contributed by atoms with Gasteiger partial charge >= 0.3 is 0 Å². The number of allylic oxidation sites excluding steroid dienone is 2. The lowest BCUT2D eigenvalue weighted by molar-refractivity contribution is 0.412. The van der Waals surface area contributed by atoms with Crippen molar-refractivity contribution in [2.45, 2.75) is 34.1 Å². The molecule has 0 nitrogen and oxygen atoms in total. The summed E-state index contributed by atoms with van der Waals surface area (Å²) in [5, 5.41) is 0. The Balaban J connectivity index is 3.93. The van der Waals surface area contributed by atoms with E-state index in [0.29, 0.717) is 5.41 Å². The van der Waals surface area contributed by atoms with Gasteiger partial charge in [0.1, 0.15) is 0 Å². The Labute approximate surface area is 64.6 Å². The van der Waals surface area contributed by atoms with Crippen LogP contribution in [0.15, 0.2) is 24.3 Å². The van der Waals surface area contributed by atoms with Gasteiger partial charge in [0, 0.05) is 0 Å². The molecule has 0 saturated heterocycles. The average Bonchev–Trinajstić information content (AvgIpc) is 1.60. The second-order valence-electron chi connectivity index (χ2n) is 4.12. The van der Waals surface area contributed by atoms with Crippen LogP contribution in [-0.4, -0.2) is 0 Å². The monoisotopic (exact) mass is 138 g/mol. The van der Waals surface area contributed by atoms with Gasteiger partial charge in [0.05, 0.1) is 0 Å². The van der Waals surface area contributed by atoms with Crippen LogP contribution < -0.4 is 0 Å². The maximum Gasteiger partial charge on any atom is -0.0233 e. The van der Waals surface area contributed by atoms with Crippen molar-refractivity contribution < 1.29 is 0 Å². The number of rotatable bonds is 2. The van der Waals surface area contributed by atoms with Gasteiger partial charge in [-0.2, -0.15) is 0 Å². The first-order valence-corrected chi connectivity index (χ1v) is 3.66. The van der Waals surface area contributed by atoms with Crippen LogP contribution in [0.5, 0.6) is 0 Å². The maximum atomic E-state index is 3.94. The Bertz CT molecular complexity index is 144. The molecule has 0 saturated carbocycles. The quantitative estimate of drug-likeness (QED) is 0.512. The van der Waals surface area contributed by atoms with E-state index in [4.69, 9.17) is 0 Å². The summed E-state index contributed by atoms with van der Waals surface area (Å²) in [7, 11) is 0. The Hall–Kier alpha value is -0.520. The highest BCUT2D eigenvalue weighted by Gasteiger charge is 2.11. The number of hydrogen-bond donors (Lipinski definition) is 0. The molecule has 0 aliphatic carbocycles. The highest BCUT2D eigenvalue weighted by atomic mass is 14.2. The van der Waals surface area contributed by atoms with E-state index in [9.17, 15) is 0 Å². The molecule has 0 unspecified atom stereocenters. The number of hydrogen-bond acceptors (Lipinski definition) is 0. The molecule has 0 aromatic rings. The van der Waals surface area contributed by atoms with Gasteiger partial charge < -0.3 is 0 Å². The van der Waals surface area contributed by atoms with Crippen molar-refractivity contribution in [2.75, 3.05) is 0 Å². The van der Waals surface area contributed by atoms with Crippen LogP contribution in [0.2, 0.25) is 0 Å². The highest BCUT2D eigenvalue weighted by molar-refractivity contribution is 5.23. The van der Waals surface area contributed by atoms with Crippen molar-refractivity contribution in [3.8, 4) is 0 Å². The lowest BCUT2D eigenvalue weighted by atomic mass is 9.86. The van der Waals surface area contributed by atoms with E-state index >= 15 is 0 Å². The fourth-order valence-electron chi connectivity index (χ4n) is 0.791. The summed E-state index contributed by atoms with van der Waals surface area (Å²) >= 11 is 0. The van der Waals surface area contributed by atoms with Crippen LogP contribution >= 0.6 is 0 Å². The van der Waals surface area contributed by atoms with E-state index in [1.165, 1.54) is 5.57 Å². The molecule has 0 aliphatic heterocycles. The van der Waals surface area contributed by atoms with E-state index in [1.54, 1.807) is 0 Å². The first-order chi connectivity index (χ1) is 4.33. The van der Waals surface area contributed by atoms with Crippen molar-refractivity contribution >= 4 is 0 Å². The van der Waals surface area contributed by atoms with Crippen LogP contribution in [0, 0.1) is 5.41 Å². The predicted octanol–water partition coefficient (Wildman–Crippen LogP) is 3.55. The predicted molar refractivity (Wildman–Crippen MR) is 48.0 cm³/mol. The lowest BCUT2D eigenvalue weighted by Gasteiger charge is -2.19. The molecule has 0 rings (SSSR count). The fraction of sp³-hybridized carbons (Fsp3) is 0.600. The second kappa shape index (κ2) is 3.05. The molecule has 0 heteroatoms. The van der Waals surface area contributed by atoms with Gasteiger partial charge in [-0.05, 0) is 18.8 Å². The molecular formula is C10H18. The molecule has 0 bridgehead atoms. The minimum atomic E-state index is 0.343. The third-order valence-corrected chi connectivity index (χ3v) is 1.35. The third kappa shape index (κ3) is 4.37. The van der Waals surface area contributed by atoms with Crippen molar-refractivity contribution in [1.29, 1.82) is 0 Å². The maximum absolute atomic E-state index is 3.94. The van der Waals surface area contributed by atoms with Crippen molar-refractivity contribution in [2.24, 2.45) is 5.41 Å². The molecular weight excluding hydrogens is 120 g/mol. The van der Waals surface area contributed by atoms with Crippen molar-refractivity contribution in [1.82, 2.24) is 0 Å². The summed E-state index contributed by atoms with van der Waals surface area (Å²) in [6, 6.07) is 0. The van der Waals surface area contributed by atoms with Crippen LogP contribution in [0.1, 0.15) is 34.1 Å². The Morgan fingerprint density at radius 3 is 1.70 bits per heavy atom. The van der Waals surface area contributed by atoms with E-state index in [2.05, 4.69) is 33.9 Å². The van der Waals surface area contributed by atoms with Crippen LogP contribution in [-0.2, 0) is 0 Å². The molecule has 0 aromatic carbocycles. The first-order valence-electron chi connectivity index (χ1n) is 3.66. The Kier molecular flexibility index (Phi) is 2.89. The topological polar surface area (TPSA) is 0 Å². The molecule has 58 valence electrons. The zero-order chi connectivity index (χ0) is 8.36. The van der Waals surface area contributed by atoms with Crippen LogP contribution in [0.4, 0.5) is 0 Å². The van der Waals surface area contributed by atoms with Crippen LogP contribution in [0.3, 0.4) is 0 Å². The summed E-state index contributed by atoms with van der Waals surface area (Å²) in [6.45, 7) is 16.4. The minimum Gasteiger partial charge on any atom is -0.0959 e. The molecule has 10 heavy (non-hydrogen) atoms.